The van der Waals surface area contributed by atoms with Crippen molar-refractivity contribution in [2.24, 2.45) is 0 Å². The highest BCUT2D eigenvalue weighted by Gasteiger charge is 2.19. The lowest BCUT2D eigenvalue weighted by molar-refractivity contribution is 0.112. The topological polar surface area (TPSA) is 60.6 Å². The lowest BCUT2D eigenvalue weighted by atomic mass is 10.0. The van der Waals surface area contributed by atoms with Gasteiger partial charge in [0.25, 0.3) is 0 Å². The molecule has 0 aliphatic rings. The second kappa shape index (κ2) is 5.48. The molecule has 0 saturated carbocycles. The first-order valence-corrected chi connectivity index (χ1v) is 5.68. The summed E-state index contributed by atoms with van der Waals surface area (Å²) in [4.78, 5) is 13.9. The second-order valence-electron chi connectivity index (χ2n) is 3.80. The van der Waals surface area contributed by atoms with E-state index in [2.05, 4.69) is 4.98 Å². The summed E-state index contributed by atoms with van der Waals surface area (Å²) in [6.45, 7) is 0. The largest absolute Gasteiger partial charge is 0.493 e. The van der Waals surface area contributed by atoms with Gasteiger partial charge in [-0.15, -0.1) is 0 Å². The Hall–Kier alpha value is -2.43. The number of hydrogen-bond acceptors (Lipinski definition) is 4. The van der Waals surface area contributed by atoms with Crippen LogP contribution in [0, 0.1) is 0 Å². The maximum Gasteiger partial charge on any atom is 0.203 e. The van der Waals surface area contributed by atoms with Crippen LogP contribution >= 0.6 is 0 Å². The molecule has 5 nitrogen and oxygen atoms in total. The van der Waals surface area contributed by atoms with Gasteiger partial charge in [0.1, 0.15) is 0 Å². The normalized spacial score (nSPS) is 10.1. The van der Waals surface area contributed by atoms with E-state index in [0.29, 0.717) is 22.9 Å². The van der Waals surface area contributed by atoms with Crippen LogP contribution in [0.5, 0.6) is 17.2 Å². The number of H-pyrrole nitrogens is 1. The first-order chi connectivity index (χ1) is 9.26. The highest BCUT2D eigenvalue weighted by molar-refractivity contribution is 5.89. The Kier molecular flexibility index (Phi) is 3.75. The zero-order valence-corrected chi connectivity index (χ0v) is 11.0. The van der Waals surface area contributed by atoms with Gasteiger partial charge in [-0.05, 0) is 18.2 Å². The SMILES string of the molecule is COc1ccc(-c2cc[nH]c2C=O)c(OC)c1OC. The fraction of sp³-hybridized carbons (Fsp3) is 0.214. The number of methoxy groups -OCH3 is 3. The Bertz CT molecular complexity index is 589. The molecule has 100 valence electrons. The van der Waals surface area contributed by atoms with Crippen molar-refractivity contribution >= 4 is 6.29 Å². The highest BCUT2D eigenvalue weighted by Crippen LogP contribution is 2.44. The van der Waals surface area contributed by atoms with Gasteiger partial charge < -0.3 is 19.2 Å². The van der Waals surface area contributed by atoms with Crippen molar-refractivity contribution in [3.05, 3.63) is 30.1 Å². The third kappa shape index (κ3) is 2.14. The number of aromatic amines is 1. The van der Waals surface area contributed by atoms with Crippen LogP contribution in [0.4, 0.5) is 0 Å². The minimum absolute atomic E-state index is 0.491. The monoisotopic (exact) mass is 261 g/mol. The van der Waals surface area contributed by atoms with E-state index in [1.54, 1.807) is 33.6 Å². The molecule has 5 heteroatoms. The maximum atomic E-state index is 11.0. The molecule has 0 saturated heterocycles. The van der Waals surface area contributed by atoms with E-state index in [-0.39, 0.29) is 0 Å². The van der Waals surface area contributed by atoms with Gasteiger partial charge in [-0.2, -0.15) is 0 Å². The molecule has 2 rings (SSSR count). The van der Waals surface area contributed by atoms with E-state index in [9.17, 15) is 4.79 Å². The molecule has 1 aromatic carbocycles. The third-order valence-corrected chi connectivity index (χ3v) is 2.89. The van der Waals surface area contributed by atoms with Crippen LogP contribution in [0.25, 0.3) is 11.1 Å². The number of aromatic nitrogens is 1. The summed E-state index contributed by atoms with van der Waals surface area (Å²) in [6, 6.07) is 5.42. The molecule has 2 aromatic rings. The van der Waals surface area contributed by atoms with Crippen molar-refractivity contribution < 1.29 is 19.0 Å². The molecule has 0 radical (unpaired) electrons. The van der Waals surface area contributed by atoms with Crippen molar-refractivity contribution in [3.63, 3.8) is 0 Å². The van der Waals surface area contributed by atoms with Gasteiger partial charge in [-0.1, -0.05) is 0 Å². The number of hydrogen-bond donors (Lipinski definition) is 1. The molecular weight excluding hydrogens is 246 g/mol. The van der Waals surface area contributed by atoms with Crippen molar-refractivity contribution in [1.82, 2.24) is 4.98 Å². The van der Waals surface area contributed by atoms with Crippen LogP contribution in [0.3, 0.4) is 0 Å². The first-order valence-electron chi connectivity index (χ1n) is 5.68. The molecule has 0 fully saturated rings. The minimum Gasteiger partial charge on any atom is -0.493 e. The number of nitrogens with one attached hydrogen (secondary N) is 1. The summed E-state index contributed by atoms with van der Waals surface area (Å²) in [6.07, 6.45) is 2.47. The van der Waals surface area contributed by atoms with E-state index >= 15 is 0 Å². The summed E-state index contributed by atoms with van der Waals surface area (Å²) in [5, 5.41) is 0. The zero-order valence-electron chi connectivity index (χ0n) is 11.0. The van der Waals surface area contributed by atoms with Gasteiger partial charge in [0.15, 0.2) is 17.8 Å². The molecule has 1 N–H and O–H groups in total. The Balaban J connectivity index is 2.67. The maximum absolute atomic E-state index is 11.0. The molecule has 0 unspecified atom stereocenters. The molecule has 0 atom stereocenters. The smallest absolute Gasteiger partial charge is 0.203 e. The average Bonchev–Trinajstić information content (AvgIpc) is 2.93. The predicted molar refractivity (Wildman–Crippen MR) is 71.3 cm³/mol. The second-order valence-corrected chi connectivity index (χ2v) is 3.80. The van der Waals surface area contributed by atoms with Gasteiger partial charge in [-0.25, -0.2) is 0 Å². The summed E-state index contributed by atoms with van der Waals surface area (Å²) in [5.74, 6) is 1.61. The van der Waals surface area contributed by atoms with E-state index in [4.69, 9.17) is 14.2 Å². The molecule has 0 amide bonds. The minimum atomic E-state index is 0.491. The summed E-state index contributed by atoms with van der Waals surface area (Å²) in [7, 11) is 4.65. The summed E-state index contributed by atoms with van der Waals surface area (Å²) >= 11 is 0. The van der Waals surface area contributed by atoms with Gasteiger partial charge in [0.05, 0.1) is 27.0 Å². The Morgan fingerprint density at radius 2 is 1.68 bits per heavy atom. The number of carbonyl (C=O) groups excluding carboxylic acids is 1. The van der Waals surface area contributed by atoms with Crippen LogP contribution in [0.2, 0.25) is 0 Å². The highest BCUT2D eigenvalue weighted by atomic mass is 16.5. The third-order valence-electron chi connectivity index (χ3n) is 2.89. The van der Waals surface area contributed by atoms with Crippen molar-refractivity contribution in [1.29, 1.82) is 0 Å². The van der Waals surface area contributed by atoms with Crippen LogP contribution in [0.1, 0.15) is 10.5 Å². The first kappa shape index (κ1) is 13.0. The van der Waals surface area contributed by atoms with Crippen LogP contribution in [-0.4, -0.2) is 32.6 Å². The van der Waals surface area contributed by atoms with E-state index in [0.717, 1.165) is 17.4 Å². The Labute approximate surface area is 111 Å². The lowest BCUT2D eigenvalue weighted by Crippen LogP contribution is -1.97. The van der Waals surface area contributed by atoms with Crippen molar-refractivity contribution in [2.45, 2.75) is 0 Å². The fourth-order valence-corrected chi connectivity index (χ4v) is 2.03. The standard InChI is InChI=1S/C14H15NO4/c1-17-12-5-4-10(13(18-2)14(12)19-3)9-6-7-15-11(9)8-16/h4-8,15H,1-3H3. The zero-order chi connectivity index (χ0) is 13.8. The molecular formula is C14H15NO4. The molecule has 0 bridgehead atoms. The Morgan fingerprint density at radius 3 is 2.26 bits per heavy atom. The van der Waals surface area contributed by atoms with Crippen LogP contribution in [0.15, 0.2) is 24.4 Å². The molecule has 1 heterocycles. The number of ether oxygens (including phenoxy) is 3. The molecule has 0 aliphatic carbocycles. The molecule has 0 spiro atoms. The average molecular weight is 261 g/mol. The van der Waals surface area contributed by atoms with Crippen LogP contribution < -0.4 is 14.2 Å². The number of benzene rings is 1. The fourth-order valence-electron chi connectivity index (χ4n) is 2.03. The van der Waals surface area contributed by atoms with E-state index in [1.165, 1.54) is 0 Å². The van der Waals surface area contributed by atoms with Gasteiger partial charge in [0.2, 0.25) is 5.75 Å². The quantitative estimate of drug-likeness (QED) is 0.840. The number of rotatable bonds is 5. The Morgan fingerprint density at radius 1 is 0.947 bits per heavy atom. The molecule has 19 heavy (non-hydrogen) atoms. The van der Waals surface area contributed by atoms with Gasteiger partial charge >= 0.3 is 0 Å². The summed E-state index contributed by atoms with van der Waals surface area (Å²) < 4.78 is 15.9. The predicted octanol–water partition coefficient (Wildman–Crippen LogP) is 2.52. The van der Waals surface area contributed by atoms with Crippen molar-refractivity contribution in [2.75, 3.05) is 21.3 Å². The lowest BCUT2D eigenvalue weighted by Gasteiger charge is -2.15. The van der Waals surface area contributed by atoms with E-state index in [1.807, 2.05) is 12.1 Å². The van der Waals surface area contributed by atoms with Crippen LogP contribution in [-0.2, 0) is 0 Å². The summed E-state index contributed by atoms with van der Waals surface area (Å²) in [5.41, 5.74) is 2.02. The number of carbonyl (C=O) groups is 1. The van der Waals surface area contributed by atoms with Crippen molar-refractivity contribution in [3.8, 4) is 28.4 Å². The number of aldehydes is 1. The molecule has 0 aliphatic heterocycles. The van der Waals surface area contributed by atoms with E-state index < -0.39 is 0 Å². The van der Waals surface area contributed by atoms with Gasteiger partial charge in [-0.3, -0.25) is 4.79 Å². The van der Waals surface area contributed by atoms with Gasteiger partial charge in [0, 0.05) is 17.3 Å². The molecule has 1 aromatic heterocycles.